The Morgan fingerprint density at radius 2 is 1.78 bits per heavy atom. The van der Waals surface area contributed by atoms with Gasteiger partial charge in [0, 0.05) is 26.4 Å². The summed E-state index contributed by atoms with van der Waals surface area (Å²) in [5.74, 6) is 0.00211. The van der Waals surface area contributed by atoms with Gasteiger partial charge in [0.25, 0.3) is 0 Å². The predicted octanol–water partition coefficient (Wildman–Crippen LogP) is 1.69. The maximum absolute atomic E-state index is 12.0. The van der Waals surface area contributed by atoms with Gasteiger partial charge in [-0.1, -0.05) is 12.1 Å². The summed E-state index contributed by atoms with van der Waals surface area (Å²) in [4.78, 5) is 37.1. The minimum Gasteiger partial charge on any atom is -0.491 e. The monoisotopic (exact) mass is 377 g/mol. The molecule has 0 aromatic heterocycles. The van der Waals surface area contributed by atoms with Crippen LogP contribution in [0.3, 0.4) is 0 Å². The molecule has 148 valence electrons. The zero-order chi connectivity index (χ0) is 19.8. The van der Waals surface area contributed by atoms with Gasteiger partial charge in [0.1, 0.15) is 18.4 Å². The number of ketones is 1. The first-order chi connectivity index (χ1) is 12.9. The van der Waals surface area contributed by atoms with E-state index in [1.807, 2.05) is 25.1 Å². The molecule has 2 rings (SSSR count). The highest BCUT2D eigenvalue weighted by molar-refractivity contribution is 6.05. The number of likely N-dealkylation sites (tertiary alicyclic amines) is 1. The number of rotatable bonds is 11. The number of benzene rings is 1. The van der Waals surface area contributed by atoms with Crippen molar-refractivity contribution in [2.45, 2.75) is 39.2 Å². The Labute approximate surface area is 159 Å². The van der Waals surface area contributed by atoms with Crippen molar-refractivity contribution in [1.29, 1.82) is 0 Å². The topological polar surface area (TPSA) is 82.1 Å². The molecule has 0 N–H and O–H groups in total. The number of imide groups is 1. The van der Waals surface area contributed by atoms with Crippen LogP contribution in [-0.4, -0.2) is 62.1 Å². The van der Waals surface area contributed by atoms with Crippen molar-refractivity contribution in [2.24, 2.45) is 0 Å². The highest BCUT2D eigenvalue weighted by atomic mass is 16.5. The quantitative estimate of drug-likeness (QED) is 0.431. The molecular weight excluding hydrogens is 350 g/mol. The van der Waals surface area contributed by atoms with E-state index in [0.29, 0.717) is 32.8 Å². The maximum Gasteiger partial charge on any atom is 0.230 e. The molecule has 0 radical (unpaired) electrons. The average molecular weight is 377 g/mol. The molecule has 1 aromatic rings. The zero-order valence-corrected chi connectivity index (χ0v) is 16.2. The van der Waals surface area contributed by atoms with Crippen LogP contribution in [-0.2, 0) is 30.3 Å². The molecule has 7 heteroatoms. The number of carbonyl (C=O) groups excluding carboxylic acids is 3. The van der Waals surface area contributed by atoms with Crippen LogP contribution in [0.4, 0.5) is 0 Å². The Morgan fingerprint density at radius 3 is 2.37 bits per heavy atom. The number of hydrogen-bond acceptors (Lipinski definition) is 6. The largest absolute Gasteiger partial charge is 0.491 e. The van der Waals surface area contributed by atoms with Crippen LogP contribution in [0.2, 0.25) is 0 Å². The first-order valence-electron chi connectivity index (χ1n) is 9.08. The summed E-state index contributed by atoms with van der Waals surface area (Å²) >= 11 is 0. The Morgan fingerprint density at radius 1 is 1.11 bits per heavy atom. The van der Waals surface area contributed by atoms with Crippen molar-refractivity contribution in [3.8, 4) is 5.75 Å². The van der Waals surface area contributed by atoms with Crippen LogP contribution in [0.25, 0.3) is 0 Å². The number of carbonyl (C=O) groups is 3. The van der Waals surface area contributed by atoms with E-state index in [-0.39, 0.29) is 30.4 Å². The lowest BCUT2D eigenvalue weighted by Gasteiger charge is -2.24. The number of aryl methyl sites for hydroxylation is 1. The van der Waals surface area contributed by atoms with Crippen molar-refractivity contribution in [3.05, 3.63) is 29.3 Å². The van der Waals surface area contributed by atoms with Crippen LogP contribution < -0.4 is 4.74 Å². The van der Waals surface area contributed by atoms with Gasteiger partial charge < -0.3 is 14.2 Å². The molecule has 27 heavy (non-hydrogen) atoms. The molecule has 1 fully saturated rings. The average Bonchev–Trinajstić information content (AvgIpc) is 2.95. The van der Waals surface area contributed by atoms with Crippen LogP contribution >= 0.6 is 0 Å². The van der Waals surface area contributed by atoms with Gasteiger partial charge in [-0.05, 0) is 31.0 Å². The molecule has 1 aliphatic rings. The number of hydrogen-bond donors (Lipinski definition) is 0. The van der Waals surface area contributed by atoms with Gasteiger partial charge in [-0.2, -0.15) is 0 Å². The van der Waals surface area contributed by atoms with E-state index in [4.69, 9.17) is 14.2 Å². The molecule has 0 bridgehead atoms. The summed E-state index contributed by atoms with van der Waals surface area (Å²) in [7, 11) is 1.62. The van der Waals surface area contributed by atoms with E-state index in [2.05, 4.69) is 0 Å². The van der Waals surface area contributed by atoms with Crippen LogP contribution in [0.5, 0.6) is 5.75 Å². The lowest BCUT2D eigenvalue weighted by Crippen LogP contribution is -2.45. The lowest BCUT2D eigenvalue weighted by atomic mass is 10.00. The second kappa shape index (κ2) is 10.2. The predicted molar refractivity (Wildman–Crippen MR) is 98.6 cm³/mol. The minimum atomic E-state index is -0.743. The van der Waals surface area contributed by atoms with Gasteiger partial charge in [0.05, 0.1) is 19.8 Å². The summed E-state index contributed by atoms with van der Waals surface area (Å²) in [5, 5.41) is 0. The minimum absolute atomic E-state index is 0.181. The Kier molecular flexibility index (Phi) is 7.94. The van der Waals surface area contributed by atoms with Gasteiger partial charge in [-0.15, -0.1) is 0 Å². The number of Topliss-reactive ketones (excluding diaryl/α,β-unsaturated/α-hetero) is 1. The molecule has 7 nitrogen and oxygen atoms in total. The van der Waals surface area contributed by atoms with E-state index >= 15 is 0 Å². The highest BCUT2D eigenvalue weighted by Gasteiger charge is 2.37. The number of amides is 2. The summed E-state index contributed by atoms with van der Waals surface area (Å²) in [5.41, 5.74) is 1.80. The van der Waals surface area contributed by atoms with Crippen LogP contribution in [0.15, 0.2) is 18.2 Å². The fourth-order valence-electron chi connectivity index (χ4n) is 3.04. The van der Waals surface area contributed by atoms with Gasteiger partial charge in [-0.25, -0.2) is 0 Å². The van der Waals surface area contributed by atoms with E-state index < -0.39 is 6.04 Å². The van der Waals surface area contributed by atoms with E-state index in [0.717, 1.165) is 21.8 Å². The van der Waals surface area contributed by atoms with Crippen molar-refractivity contribution in [2.75, 3.05) is 33.5 Å². The molecule has 2 amide bonds. The number of methoxy groups -OCH3 is 1. The first-order valence-corrected chi connectivity index (χ1v) is 9.08. The Bertz CT molecular complexity index is 671. The van der Waals surface area contributed by atoms with Crippen molar-refractivity contribution in [3.63, 3.8) is 0 Å². The zero-order valence-electron chi connectivity index (χ0n) is 16.2. The molecular formula is C20H27NO6. The van der Waals surface area contributed by atoms with Crippen molar-refractivity contribution >= 4 is 17.6 Å². The molecule has 0 aliphatic carbocycles. The van der Waals surface area contributed by atoms with Gasteiger partial charge in [-0.3, -0.25) is 19.3 Å². The van der Waals surface area contributed by atoms with E-state index in [1.165, 1.54) is 6.92 Å². The second-order valence-corrected chi connectivity index (χ2v) is 6.54. The van der Waals surface area contributed by atoms with Gasteiger partial charge >= 0.3 is 0 Å². The molecule has 1 unspecified atom stereocenters. The number of nitrogens with zero attached hydrogens (tertiary/aromatic N) is 1. The second-order valence-electron chi connectivity index (χ2n) is 6.54. The maximum atomic E-state index is 12.0. The molecule has 0 saturated carbocycles. The molecule has 1 saturated heterocycles. The number of ether oxygens (including phenoxy) is 3. The van der Waals surface area contributed by atoms with Crippen LogP contribution in [0.1, 0.15) is 30.9 Å². The fourth-order valence-corrected chi connectivity index (χ4v) is 3.04. The highest BCUT2D eigenvalue weighted by Crippen LogP contribution is 2.23. The summed E-state index contributed by atoms with van der Waals surface area (Å²) in [6.07, 6.45) is 0.676. The van der Waals surface area contributed by atoms with Crippen molar-refractivity contribution in [1.82, 2.24) is 4.90 Å². The summed E-state index contributed by atoms with van der Waals surface area (Å²) in [6, 6.07) is 4.87. The lowest BCUT2D eigenvalue weighted by molar-refractivity contribution is -0.145. The summed E-state index contributed by atoms with van der Waals surface area (Å²) in [6.45, 7) is 5.30. The third-order valence-corrected chi connectivity index (χ3v) is 4.46. The molecule has 0 spiro atoms. The SMILES string of the molecule is COCCOCCOc1ccc(CC(C(C)=O)N2C(=O)CCC2=O)cc1C. The summed E-state index contributed by atoms with van der Waals surface area (Å²) < 4.78 is 16.0. The Balaban J connectivity index is 1.96. The standard InChI is InChI=1S/C20H27NO6/c1-14-12-16(4-5-18(14)27-11-10-26-9-8-25-3)13-17(15(2)22)21-19(23)6-7-20(21)24/h4-5,12,17H,6-11,13H2,1-3H3. The van der Waals surface area contributed by atoms with E-state index in [1.54, 1.807) is 7.11 Å². The molecule has 1 atom stereocenters. The molecule has 1 aromatic carbocycles. The van der Waals surface area contributed by atoms with Crippen molar-refractivity contribution < 1.29 is 28.6 Å². The normalized spacial score (nSPS) is 15.3. The molecule has 1 aliphatic heterocycles. The molecule has 1 heterocycles. The van der Waals surface area contributed by atoms with Crippen LogP contribution in [0, 0.1) is 6.92 Å². The van der Waals surface area contributed by atoms with Gasteiger partial charge in [0.2, 0.25) is 11.8 Å². The first kappa shape index (κ1) is 21.1. The fraction of sp³-hybridized carbons (Fsp3) is 0.550. The van der Waals surface area contributed by atoms with E-state index in [9.17, 15) is 14.4 Å². The third kappa shape index (κ3) is 5.87. The van der Waals surface area contributed by atoms with Gasteiger partial charge in [0.15, 0.2) is 5.78 Å². The Hall–Kier alpha value is -2.25. The third-order valence-electron chi connectivity index (χ3n) is 4.46. The smallest absolute Gasteiger partial charge is 0.230 e.